The number of hydrogen-bond acceptors (Lipinski definition) is 9. The van der Waals surface area contributed by atoms with Crippen molar-refractivity contribution in [2.75, 3.05) is 32.1 Å². The van der Waals surface area contributed by atoms with Crippen LogP contribution in [0.15, 0.2) is 22.7 Å². The molecule has 0 radical (unpaired) electrons. The van der Waals surface area contributed by atoms with Gasteiger partial charge in [-0.3, -0.25) is 0 Å². The molecule has 0 aliphatic carbocycles. The molecule has 0 amide bonds. The lowest BCUT2D eigenvalue weighted by atomic mass is 10.1. The minimum absolute atomic E-state index is 0.0570. The number of aromatic nitrogens is 3. The third kappa shape index (κ3) is 5.87. The first-order valence-corrected chi connectivity index (χ1v) is 12.2. The highest BCUT2D eigenvalue weighted by atomic mass is 35.5. The Labute approximate surface area is 214 Å². The molecule has 3 atom stereocenters. The van der Waals surface area contributed by atoms with Gasteiger partial charge >= 0.3 is 0 Å². The number of ether oxygens (including phenoxy) is 2. The number of likely N-dealkylation sites (N-methyl/N-ethyl adjacent to an activating group) is 1. The van der Waals surface area contributed by atoms with E-state index < -0.39 is 6.10 Å². The fourth-order valence-corrected chi connectivity index (χ4v) is 4.45. The molecule has 0 spiro atoms. The second-order valence-corrected chi connectivity index (χ2v) is 9.43. The molecular weight excluding hydrogens is 493 g/mol. The number of halogens is 2. The van der Waals surface area contributed by atoms with Crippen molar-refractivity contribution in [3.8, 4) is 28.4 Å². The Morgan fingerprint density at radius 2 is 2.06 bits per heavy atom. The fraction of sp³-hybridized carbons (Fsp3) is 0.458. The Kier molecular flexibility index (Phi) is 8.13. The average Bonchev–Trinajstić information content (AvgIpc) is 3.39. The lowest BCUT2D eigenvalue weighted by molar-refractivity contribution is 0.108. The topological polar surface area (TPSA) is 115 Å². The Hall–Kier alpha value is -2.43. The van der Waals surface area contributed by atoms with Crippen LogP contribution in [0.25, 0.3) is 22.6 Å². The minimum atomic E-state index is -0.649. The number of aliphatic hydroxyl groups is 1. The molecule has 2 aromatic heterocycles. The number of nitrogens with zero attached hydrogens (tertiary/aromatic N) is 3. The zero-order valence-electron chi connectivity index (χ0n) is 20.1. The van der Waals surface area contributed by atoms with Crippen molar-refractivity contribution in [2.45, 2.75) is 45.4 Å². The molecule has 1 aromatic carbocycles. The third-order valence-electron chi connectivity index (χ3n) is 5.72. The predicted octanol–water partition coefficient (Wildman–Crippen LogP) is 4.27. The zero-order valence-corrected chi connectivity index (χ0v) is 21.6. The first-order valence-electron chi connectivity index (χ1n) is 11.4. The Bertz CT molecular complexity index is 1170. The van der Waals surface area contributed by atoms with Crippen molar-refractivity contribution in [1.29, 1.82) is 0 Å². The van der Waals surface area contributed by atoms with Crippen LogP contribution in [0.3, 0.4) is 0 Å². The van der Waals surface area contributed by atoms with Gasteiger partial charge in [-0.25, -0.2) is 9.97 Å². The molecule has 1 aliphatic rings. The number of rotatable bonds is 9. The van der Waals surface area contributed by atoms with E-state index in [1.165, 1.54) is 0 Å². The molecule has 0 unspecified atom stereocenters. The van der Waals surface area contributed by atoms with Crippen LogP contribution in [0.5, 0.6) is 5.75 Å². The van der Waals surface area contributed by atoms with Gasteiger partial charge in [0.15, 0.2) is 5.82 Å². The molecule has 0 bridgehead atoms. The van der Waals surface area contributed by atoms with Crippen molar-refractivity contribution in [3.63, 3.8) is 0 Å². The molecule has 188 valence electrons. The van der Waals surface area contributed by atoms with Crippen molar-refractivity contribution in [1.82, 2.24) is 20.4 Å². The lowest BCUT2D eigenvalue weighted by Gasteiger charge is -2.17. The van der Waals surface area contributed by atoms with E-state index in [1.54, 1.807) is 25.2 Å². The molecule has 35 heavy (non-hydrogen) atoms. The van der Waals surface area contributed by atoms with Crippen LogP contribution in [0.4, 0.5) is 5.82 Å². The van der Waals surface area contributed by atoms with Crippen LogP contribution in [0.1, 0.15) is 24.8 Å². The standard InChI is InChI=1S/C24H29Cl2N5O4/c1-12-7-15(10-33-12)28-24-21(26)22(20-13(2)31-35-14(20)3)29-23(30-24)18-8-17(5-6-19(18)25)34-11-16(32)9-27-4/h5-6,8,12,15-16,27,32H,7,9-11H2,1-4H3,(H,28,29,30)/t12-,15+,16-/m1/s1. The maximum absolute atomic E-state index is 9.98. The van der Waals surface area contributed by atoms with Crippen molar-refractivity contribution < 1.29 is 19.1 Å². The van der Waals surface area contributed by atoms with E-state index in [-0.39, 0.29) is 18.8 Å². The molecule has 4 rings (SSSR count). The van der Waals surface area contributed by atoms with Gasteiger partial charge in [0.2, 0.25) is 0 Å². The first-order chi connectivity index (χ1) is 16.8. The minimum Gasteiger partial charge on any atom is -0.491 e. The summed E-state index contributed by atoms with van der Waals surface area (Å²) < 4.78 is 16.8. The van der Waals surface area contributed by atoms with Crippen LogP contribution in [-0.2, 0) is 4.74 Å². The summed E-state index contributed by atoms with van der Waals surface area (Å²) in [5.41, 5.74) is 2.43. The second kappa shape index (κ2) is 11.1. The summed E-state index contributed by atoms with van der Waals surface area (Å²) in [6.45, 7) is 6.77. The van der Waals surface area contributed by atoms with Crippen LogP contribution in [-0.4, -0.2) is 65.3 Å². The highest BCUT2D eigenvalue weighted by Crippen LogP contribution is 2.39. The summed E-state index contributed by atoms with van der Waals surface area (Å²) in [7, 11) is 1.77. The van der Waals surface area contributed by atoms with Gasteiger partial charge in [-0.05, 0) is 52.4 Å². The Balaban J connectivity index is 1.76. The molecule has 1 aliphatic heterocycles. The van der Waals surface area contributed by atoms with Crippen molar-refractivity contribution in [3.05, 3.63) is 39.7 Å². The maximum atomic E-state index is 9.98. The summed E-state index contributed by atoms with van der Waals surface area (Å²) in [4.78, 5) is 9.50. The lowest BCUT2D eigenvalue weighted by Crippen LogP contribution is -2.29. The SMILES string of the molecule is CNC[C@@H](O)COc1ccc(Cl)c(-c2nc(N[C@@H]3CO[C@H](C)C3)c(Cl)c(-c3c(C)noc3C)n2)c1. The Morgan fingerprint density at radius 3 is 2.71 bits per heavy atom. The van der Waals surface area contributed by atoms with Crippen LogP contribution in [0.2, 0.25) is 10.0 Å². The van der Waals surface area contributed by atoms with E-state index in [4.69, 9.17) is 47.2 Å². The third-order valence-corrected chi connectivity index (χ3v) is 6.41. The van der Waals surface area contributed by atoms with Gasteiger partial charge in [-0.15, -0.1) is 0 Å². The van der Waals surface area contributed by atoms with Crippen LogP contribution >= 0.6 is 23.2 Å². The van der Waals surface area contributed by atoms with E-state index in [1.807, 2.05) is 20.8 Å². The van der Waals surface area contributed by atoms with Gasteiger partial charge in [-0.2, -0.15) is 0 Å². The largest absolute Gasteiger partial charge is 0.491 e. The van der Waals surface area contributed by atoms with Crippen molar-refractivity contribution >= 4 is 29.0 Å². The van der Waals surface area contributed by atoms with Crippen molar-refractivity contribution in [2.24, 2.45) is 0 Å². The molecule has 1 fully saturated rings. The van der Waals surface area contributed by atoms with Gasteiger partial charge in [0.1, 0.15) is 40.8 Å². The predicted molar refractivity (Wildman–Crippen MR) is 135 cm³/mol. The quantitative estimate of drug-likeness (QED) is 0.379. The number of hydrogen-bond donors (Lipinski definition) is 3. The van der Waals surface area contributed by atoms with E-state index >= 15 is 0 Å². The normalized spacial score (nSPS) is 18.6. The number of aliphatic hydroxyl groups excluding tert-OH is 1. The molecule has 3 heterocycles. The summed E-state index contributed by atoms with van der Waals surface area (Å²) in [5.74, 6) is 1.97. The molecule has 3 N–H and O–H groups in total. The molecule has 11 heteroatoms. The van der Waals surface area contributed by atoms with E-state index in [2.05, 4.69) is 15.8 Å². The van der Waals surface area contributed by atoms with Gasteiger partial charge in [0.25, 0.3) is 0 Å². The monoisotopic (exact) mass is 521 g/mol. The van der Waals surface area contributed by atoms with E-state index in [0.717, 1.165) is 6.42 Å². The molecule has 0 saturated carbocycles. The number of benzene rings is 1. The van der Waals surface area contributed by atoms with Crippen LogP contribution < -0.4 is 15.4 Å². The van der Waals surface area contributed by atoms with Gasteiger partial charge in [0.05, 0.1) is 35.0 Å². The van der Waals surface area contributed by atoms with E-state index in [9.17, 15) is 5.11 Å². The summed E-state index contributed by atoms with van der Waals surface area (Å²) in [5, 5.41) is 21.2. The smallest absolute Gasteiger partial charge is 0.163 e. The molecule has 9 nitrogen and oxygen atoms in total. The number of anilines is 1. The summed E-state index contributed by atoms with van der Waals surface area (Å²) >= 11 is 13.4. The molecule has 3 aromatic rings. The van der Waals surface area contributed by atoms with Gasteiger partial charge < -0.3 is 29.7 Å². The summed E-state index contributed by atoms with van der Waals surface area (Å²) in [6, 6.07) is 5.25. The first kappa shape index (κ1) is 25.7. The Morgan fingerprint density at radius 1 is 1.26 bits per heavy atom. The molecular formula is C24H29Cl2N5O4. The van der Waals surface area contributed by atoms with Gasteiger partial charge in [0, 0.05) is 12.1 Å². The maximum Gasteiger partial charge on any atom is 0.163 e. The summed E-state index contributed by atoms with van der Waals surface area (Å²) in [6.07, 6.45) is 0.329. The fourth-order valence-electron chi connectivity index (χ4n) is 4.01. The zero-order chi connectivity index (χ0) is 25.1. The van der Waals surface area contributed by atoms with E-state index in [0.29, 0.717) is 68.9 Å². The number of aryl methyl sites for hydroxylation is 2. The second-order valence-electron chi connectivity index (χ2n) is 8.64. The van der Waals surface area contributed by atoms with Crippen LogP contribution in [0, 0.1) is 13.8 Å². The highest BCUT2D eigenvalue weighted by Gasteiger charge is 2.27. The number of nitrogens with one attached hydrogen (secondary N) is 2. The molecule has 1 saturated heterocycles. The average molecular weight is 522 g/mol. The highest BCUT2D eigenvalue weighted by molar-refractivity contribution is 6.35. The van der Waals surface area contributed by atoms with Gasteiger partial charge in [-0.1, -0.05) is 28.4 Å².